The number of methoxy groups -OCH3 is 2. The number of imide groups is 1. The molecule has 15 nitrogen and oxygen atoms in total. The fraction of sp³-hybridized carbons (Fsp3) is 0.273. The van der Waals surface area contributed by atoms with E-state index in [-0.39, 0.29) is 37.4 Å². The van der Waals surface area contributed by atoms with Gasteiger partial charge in [-0.25, -0.2) is 28.5 Å². The van der Waals surface area contributed by atoms with Gasteiger partial charge in [-0.15, -0.1) is 0 Å². The molecule has 1 aliphatic carbocycles. The number of hydrogen-bond acceptors (Lipinski definition) is 10. The first-order valence-electron chi connectivity index (χ1n) is 19.3. The minimum Gasteiger partial charge on any atom is -0.508 e. The maximum absolute atomic E-state index is 15.3. The molecule has 2 aliphatic heterocycles. The minimum atomic E-state index is -1.54. The average Bonchev–Trinajstić information content (AvgIpc) is 3.62. The number of aryl methyl sites for hydroxylation is 3. The molecule has 1 saturated carbocycles. The molecule has 4 atom stereocenters. The van der Waals surface area contributed by atoms with Crippen molar-refractivity contribution >= 4 is 28.5 Å². The monoisotopic (exact) mass is 795 g/mol. The first kappa shape index (κ1) is 37.4. The summed E-state index contributed by atoms with van der Waals surface area (Å²) in [4.78, 5) is 76.9. The Bertz CT molecular complexity index is 2910. The van der Waals surface area contributed by atoms with E-state index in [4.69, 9.17) is 9.47 Å². The number of para-hydroxylation sites is 1. The highest BCUT2D eigenvalue weighted by molar-refractivity contribution is 6.12. The van der Waals surface area contributed by atoms with Crippen molar-refractivity contribution in [1.29, 1.82) is 0 Å². The zero-order valence-electron chi connectivity index (χ0n) is 32.8. The standard InChI is InChI=1S/C44H41N7O8/c1-25-14-16-27(17-15-25)46-50-39(53)30-22-33-28(38(29-12-8-9-13-35(29)52)44(30,41(50)55)26-10-6-5-7-11-26)18-21-49-42(56)48(43(57)51(33)49)20-19-31-40(54)47(2)34-24-37(59-4)36(58-3)23-32(34)45-31/h5-18,23-24,30,33,38,46,52H,19-22H2,1-4H3/t30-,33+,38+,44+/m0/s1. The summed E-state index contributed by atoms with van der Waals surface area (Å²) in [6.07, 6.45) is 1.81. The van der Waals surface area contributed by atoms with Gasteiger partial charge in [0, 0.05) is 43.6 Å². The number of allylic oxidation sites excluding steroid dienone is 2. The third-order valence-electron chi connectivity index (χ3n) is 12.2. The molecule has 2 aromatic heterocycles. The van der Waals surface area contributed by atoms with E-state index in [1.165, 1.54) is 34.2 Å². The quantitative estimate of drug-likeness (QED) is 0.161. The Morgan fingerprint density at radius 2 is 1.58 bits per heavy atom. The fourth-order valence-electron chi connectivity index (χ4n) is 9.41. The van der Waals surface area contributed by atoms with E-state index < -0.39 is 52.0 Å². The summed E-state index contributed by atoms with van der Waals surface area (Å²) in [6.45, 7) is 1.77. The molecule has 0 spiro atoms. The molecule has 4 heterocycles. The Labute approximate surface area is 336 Å². The van der Waals surface area contributed by atoms with E-state index in [0.29, 0.717) is 44.9 Å². The topological polar surface area (TPSA) is 172 Å². The number of anilines is 1. The van der Waals surface area contributed by atoms with E-state index in [2.05, 4.69) is 10.4 Å². The second kappa shape index (κ2) is 14.0. The smallest absolute Gasteiger partial charge is 0.347 e. The SMILES string of the molecule is COc1cc2nc(CCn3c(=O)n4n(c3=O)[C@@H]3C[C@H]5C(=O)N(Nc6ccc(C)cc6)C(=O)[C@@]5(c5ccccc5)[C@@H](c5ccccc5O)C3=CC4)c(=O)n(C)c2cc1OC. The van der Waals surface area contributed by atoms with Crippen molar-refractivity contribution in [3.63, 3.8) is 0 Å². The lowest BCUT2D eigenvalue weighted by atomic mass is 9.53. The number of hydrazine groups is 1. The minimum absolute atomic E-state index is 0.00288. The van der Waals surface area contributed by atoms with Crippen molar-refractivity contribution in [1.82, 2.24) is 28.5 Å². The van der Waals surface area contributed by atoms with E-state index >= 15 is 4.79 Å². The van der Waals surface area contributed by atoms with Gasteiger partial charge in [-0.3, -0.25) is 19.8 Å². The molecule has 2 amide bonds. The van der Waals surface area contributed by atoms with Gasteiger partial charge in [0.15, 0.2) is 11.5 Å². The van der Waals surface area contributed by atoms with Gasteiger partial charge in [-0.1, -0.05) is 72.3 Å². The number of fused-ring (bicyclic) bond motifs is 5. The van der Waals surface area contributed by atoms with Crippen LogP contribution in [0.2, 0.25) is 0 Å². The van der Waals surface area contributed by atoms with Gasteiger partial charge in [0.05, 0.1) is 54.9 Å². The zero-order chi connectivity index (χ0) is 41.3. The number of benzene rings is 4. The molecule has 15 heteroatoms. The lowest BCUT2D eigenvalue weighted by Gasteiger charge is -2.49. The molecule has 6 aromatic rings. The molecular formula is C44H41N7O8. The summed E-state index contributed by atoms with van der Waals surface area (Å²) in [5.41, 5.74) is 4.19. The maximum atomic E-state index is 15.3. The second-order valence-corrected chi connectivity index (χ2v) is 15.2. The van der Waals surface area contributed by atoms with Gasteiger partial charge >= 0.3 is 11.4 Å². The Balaban J connectivity index is 1.16. The number of phenols is 1. The van der Waals surface area contributed by atoms with Gasteiger partial charge in [0.2, 0.25) is 0 Å². The second-order valence-electron chi connectivity index (χ2n) is 15.2. The van der Waals surface area contributed by atoms with Crippen molar-refractivity contribution in [2.75, 3.05) is 19.6 Å². The summed E-state index contributed by atoms with van der Waals surface area (Å²) in [7, 11) is 4.61. The number of nitrogens with zero attached hydrogens (tertiary/aromatic N) is 6. The van der Waals surface area contributed by atoms with E-state index in [0.717, 1.165) is 15.1 Å². The van der Waals surface area contributed by atoms with E-state index in [9.17, 15) is 24.3 Å². The lowest BCUT2D eigenvalue weighted by Crippen LogP contribution is -2.53. The first-order chi connectivity index (χ1) is 28.5. The van der Waals surface area contributed by atoms with Crippen LogP contribution in [0, 0.1) is 12.8 Å². The number of phenolic OH excluding ortho intramolecular Hbond substituents is 1. The van der Waals surface area contributed by atoms with E-state index in [1.54, 1.807) is 49.5 Å². The zero-order valence-corrected chi connectivity index (χ0v) is 32.8. The number of amides is 2. The Hall–Kier alpha value is -7.16. The third kappa shape index (κ3) is 5.55. The van der Waals surface area contributed by atoms with Crippen molar-refractivity contribution in [3.05, 3.63) is 156 Å². The molecule has 3 aliphatic rings. The summed E-state index contributed by atoms with van der Waals surface area (Å²) in [5.74, 6) is -2.17. The highest BCUT2D eigenvalue weighted by Gasteiger charge is 2.69. The summed E-state index contributed by atoms with van der Waals surface area (Å²) < 4.78 is 16.1. The van der Waals surface area contributed by atoms with Gasteiger partial charge < -0.3 is 19.1 Å². The third-order valence-corrected chi connectivity index (χ3v) is 12.2. The van der Waals surface area contributed by atoms with Crippen LogP contribution in [-0.4, -0.2) is 59.6 Å². The molecule has 2 N–H and O–H groups in total. The number of hydrogen-bond donors (Lipinski definition) is 2. The Morgan fingerprint density at radius 1 is 0.881 bits per heavy atom. The molecule has 0 unspecified atom stereocenters. The molecule has 2 fully saturated rings. The van der Waals surface area contributed by atoms with Crippen LogP contribution in [0.3, 0.4) is 0 Å². The van der Waals surface area contributed by atoms with Gasteiger partial charge in [0.1, 0.15) is 11.4 Å². The van der Waals surface area contributed by atoms with Crippen molar-refractivity contribution < 1.29 is 24.2 Å². The molecule has 59 heavy (non-hydrogen) atoms. The van der Waals surface area contributed by atoms with Crippen molar-refractivity contribution in [3.8, 4) is 17.2 Å². The highest BCUT2D eigenvalue weighted by atomic mass is 16.5. The first-order valence-corrected chi connectivity index (χ1v) is 19.3. The fourth-order valence-corrected chi connectivity index (χ4v) is 9.41. The summed E-state index contributed by atoms with van der Waals surface area (Å²) in [6, 6.07) is 25.6. The molecule has 0 bridgehead atoms. The molecule has 300 valence electrons. The van der Waals surface area contributed by atoms with Crippen LogP contribution in [0.1, 0.15) is 40.8 Å². The predicted octanol–water partition coefficient (Wildman–Crippen LogP) is 3.95. The maximum Gasteiger partial charge on any atom is 0.347 e. The average molecular weight is 796 g/mol. The van der Waals surface area contributed by atoms with Gasteiger partial charge in [-0.05, 0) is 42.7 Å². The predicted molar refractivity (Wildman–Crippen MR) is 218 cm³/mol. The Kier molecular flexibility index (Phi) is 8.90. The summed E-state index contributed by atoms with van der Waals surface area (Å²) in [5, 5.41) is 12.6. The molecule has 9 rings (SSSR count). The van der Waals surface area contributed by atoms with Crippen LogP contribution in [0.5, 0.6) is 17.2 Å². The molecule has 1 saturated heterocycles. The van der Waals surface area contributed by atoms with Crippen LogP contribution in [0.15, 0.2) is 117 Å². The number of rotatable bonds is 9. The number of ether oxygens (including phenoxy) is 2. The normalized spacial score (nSPS) is 20.8. The number of carbonyl (C=O) groups is 2. The Morgan fingerprint density at radius 3 is 2.29 bits per heavy atom. The number of aromatic nitrogens is 5. The van der Waals surface area contributed by atoms with Gasteiger partial charge in [0.25, 0.3) is 17.4 Å². The van der Waals surface area contributed by atoms with Gasteiger partial charge in [-0.2, -0.15) is 5.01 Å². The number of carbonyl (C=O) groups excluding carboxylic acids is 2. The molecule has 4 aromatic carbocycles. The largest absolute Gasteiger partial charge is 0.508 e. The van der Waals surface area contributed by atoms with Crippen LogP contribution in [0.25, 0.3) is 11.0 Å². The van der Waals surface area contributed by atoms with Crippen LogP contribution in [0.4, 0.5) is 5.69 Å². The van der Waals surface area contributed by atoms with E-state index in [1.807, 2.05) is 55.5 Å². The number of nitrogens with one attached hydrogen (secondary N) is 1. The van der Waals surface area contributed by atoms with Crippen molar-refractivity contribution in [2.45, 2.75) is 50.2 Å². The van der Waals surface area contributed by atoms with Crippen LogP contribution in [-0.2, 0) is 41.6 Å². The highest BCUT2D eigenvalue weighted by Crippen LogP contribution is 2.62. The molecular weight excluding hydrogens is 755 g/mol. The van der Waals surface area contributed by atoms with Crippen LogP contribution >= 0.6 is 0 Å². The molecule has 0 radical (unpaired) electrons. The van der Waals surface area contributed by atoms with Crippen LogP contribution < -0.4 is 31.8 Å². The van der Waals surface area contributed by atoms with Crippen molar-refractivity contribution in [2.24, 2.45) is 13.0 Å². The number of aromatic hydroxyl groups is 1. The lowest BCUT2D eigenvalue weighted by molar-refractivity contribution is -0.138. The summed E-state index contributed by atoms with van der Waals surface area (Å²) >= 11 is 0.